The Morgan fingerprint density at radius 1 is 1.48 bits per heavy atom. The number of hydrogen-bond donors (Lipinski definition) is 1. The number of hydrogen-bond acceptors (Lipinski definition) is 3. The van der Waals surface area contributed by atoms with Gasteiger partial charge in [-0.3, -0.25) is 0 Å². The normalized spacial score (nSPS) is 18.4. The van der Waals surface area contributed by atoms with E-state index in [4.69, 9.17) is 21.7 Å². The second-order valence-electron chi connectivity index (χ2n) is 5.92. The van der Waals surface area contributed by atoms with E-state index < -0.39 is 0 Å². The molecule has 7 heteroatoms. The summed E-state index contributed by atoms with van der Waals surface area (Å²) in [5, 5.41) is 0.663. The van der Waals surface area contributed by atoms with Gasteiger partial charge < -0.3 is 14.4 Å². The molecule has 1 aromatic heterocycles. The summed E-state index contributed by atoms with van der Waals surface area (Å²) < 4.78 is 15.3. The molecular formula is C16H26N4O2S+2. The minimum atomic E-state index is 0.160. The minimum absolute atomic E-state index is 0.160. The van der Waals surface area contributed by atoms with Crippen LogP contribution in [0, 0.1) is 0 Å². The minimum Gasteiger partial charge on any atom is -0.482 e. The Bertz CT molecular complexity index is 610. The number of thiocarbonyl (C=S) groups is 1. The van der Waals surface area contributed by atoms with Crippen LogP contribution in [0.4, 0.5) is 0 Å². The Balaban J connectivity index is 2.13. The van der Waals surface area contributed by atoms with Gasteiger partial charge in [-0.2, -0.15) is 4.57 Å². The Morgan fingerprint density at radius 3 is 2.78 bits per heavy atom. The molecule has 1 N–H and O–H groups in total. The van der Waals surface area contributed by atoms with Gasteiger partial charge in [0.1, 0.15) is 13.2 Å². The molecule has 0 aliphatic carbocycles. The number of aryl methyl sites for hydroxylation is 1. The molecule has 0 saturated carbocycles. The van der Waals surface area contributed by atoms with Gasteiger partial charge in [-0.15, -0.1) is 10.1 Å². The highest BCUT2D eigenvalue weighted by Crippen LogP contribution is 2.15. The number of pyridine rings is 1. The Morgan fingerprint density at radius 2 is 2.22 bits per heavy atom. The molecule has 2 heterocycles. The quantitative estimate of drug-likeness (QED) is 0.374. The molecule has 23 heavy (non-hydrogen) atoms. The van der Waals surface area contributed by atoms with Crippen molar-refractivity contribution in [1.29, 1.82) is 0 Å². The summed E-state index contributed by atoms with van der Waals surface area (Å²) in [6.07, 6.45) is 3.10. The van der Waals surface area contributed by atoms with Gasteiger partial charge in [-0.25, -0.2) is 0 Å². The lowest BCUT2D eigenvalue weighted by Crippen LogP contribution is -2.45. The van der Waals surface area contributed by atoms with Crippen LogP contribution in [0.3, 0.4) is 0 Å². The van der Waals surface area contributed by atoms with Crippen molar-refractivity contribution in [2.24, 2.45) is 7.05 Å². The summed E-state index contributed by atoms with van der Waals surface area (Å²) in [6.45, 7) is 3.50. The third-order valence-corrected chi connectivity index (χ3v) is 4.30. The van der Waals surface area contributed by atoms with Crippen molar-refractivity contribution in [3.05, 3.63) is 24.0 Å². The first kappa shape index (κ1) is 17.6. The lowest BCUT2D eigenvalue weighted by molar-refractivity contribution is -0.676. The highest BCUT2D eigenvalue weighted by molar-refractivity contribution is 7.80. The molecule has 0 bridgehead atoms. The lowest BCUT2D eigenvalue weighted by Gasteiger charge is -2.13. The van der Waals surface area contributed by atoms with Gasteiger partial charge in [-0.1, -0.05) is 0 Å². The molecule has 0 spiro atoms. The SMILES string of the molecule is C/C(c1ccc(OC2CCOC2)c[n+]1C)=[N+](/C)NC(=S)N(C)C. The van der Waals surface area contributed by atoms with Crippen molar-refractivity contribution in [3.63, 3.8) is 0 Å². The third kappa shape index (κ3) is 4.62. The van der Waals surface area contributed by atoms with Crippen molar-refractivity contribution in [1.82, 2.24) is 10.3 Å². The standard InChI is InChI=1S/C16H25N4O2S/c1-12(20(5)17-16(23)18(2)3)15-7-6-13(10-19(15)4)22-14-8-9-21-11-14/h6-7,10,14H,8-9,11H2,1-5H3/q+1/p+1. The van der Waals surface area contributed by atoms with Crippen LogP contribution in [0.15, 0.2) is 18.3 Å². The van der Waals surface area contributed by atoms with E-state index in [-0.39, 0.29) is 6.10 Å². The molecule has 126 valence electrons. The fraction of sp³-hybridized carbons (Fsp3) is 0.562. The van der Waals surface area contributed by atoms with E-state index in [1.807, 2.05) is 57.0 Å². The zero-order chi connectivity index (χ0) is 17.0. The summed E-state index contributed by atoms with van der Waals surface area (Å²) in [5.41, 5.74) is 5.31. The monoisotopic (exact) mass is 338 g/mol. The molecule has 0 amide bonds. The van der Waals surface area contributed by atoms with Crippen LogP contribution in [0.25, 0.3) is 0 Å². The van der Waals surface area contributed by atoms with Crippen LogP contribution in [0.2, 0.25) is 0 Å². The van der Waals surface area contributed by atoms with Crippen molar-refractivity contribution in [2.75, 3.05) is 34.4 Å². The molecule has 0 radical (unpaired) electrons. The Kier molecular flexibility index (Phi) is 5.90. The average molecular weight is 338 g/mol. The van der Waals surface area contributed by atoms with Crippen LogP contribution < -0.4 is 14.7 Å². The second kappa shape index (κ2) is 7.70. The summed E-state index contributed by atoms with van der Waals surface area (Å²) in [7, 11) is 7.79. The van der Waals surface area contributed by atoms with E-state index in [0.717, 1.165) is 30.2 Å². The third-order valence-electron chi connectivity index (χ3n) is 3.84. The van der Waals surface area contributed by atoms with Crippen LogP contribution >= 0.6 is 12.2 Å². The summed E-state index contributed by atoms with van der Waals surface area (Å²) >= 11 is 5.28. The van der Waals surface area contributed by atoms with Crippen molar-refractivity contribution >= 4 is 23.0 Å². The first-order valence-electron chi connectivity index (χ1n) is 7.68. The smallest absolute Gasteiger partial charge is 0.274 e. The van der Waals surface area contributed by atoms with E-state index in [2.05, 4.69) is 16.1 Å². The highest BCUT2D eigenvalue weighted by atomic mass is 32.1. The zero-order valence-corrected chi connectivity index (χ0v) is 15.3. The maximum Gasteiger partial charge on any atom is 0.274 e. The predicted molar refractivity (Wildman–Crippen MR) is 92.9 cm³/mol. The first-order valence-corrected chi connectivity index (χ1v) is 8.09. The van der Waals surface area contributed by atoms with Gasteiger partial charge in [0.2, 0.25) is 11.3 Å². The van der Waals surface area contributed by atoms with E-state index in [0.29, 0.717) is 11.7 Å². The van der Waals surface area contributed by atoms with Gasteiger partial charge in [0.25, 0.3) is 11.4 Å². The van der Waals surface area contributed by atoms with Gasteiger partial charge in [0, 0.05) is 33.5 Å². The van der Waals surface area contributed by atoms with E-state index >= 15 is 0 Å². The van der Waals surface area contributed by atoms with Gasteiger partial charge in [0.05, 0.1) is 13.2 Å². The van der Waals surface area contributed by atoms with Crippen molar-refractivity contribution in [2.45, 2.75) is 19.4 Å². The Hall–Kier alpha value is -1.73. The molecule has 1 atom stereocenters. The van der Waals surface area contributed by atoms with E-state index in [1.54, 1.807) is 0 Å². The van der Waals surface area contributed by atoms with Crippen LogP contribution in [-0.2, 0) is 11.8 Å². The number of nitrogens with zero attached hydrogens (tertiary/aromatic N) is 3. The predicted octanol–water partition coefficient (Wildman–Crippen LogP) is 0.481. The van der Waals surface area contributed by atoms with Crippen LogP contribution in [0.1, 0.15) is 19.0 Å². The topological polar surface area (TPSA) is 40.6 Å². The molecule has 1 saturated heterocycles. The number of hydrazine groups is 1. The molecule has 1 aromatic rings. The van der Waals surface area contributed by atoms with E-state index in [9.17, 15) is 0 Å². The fourth-order valence-corrected chi connectivity index (χ4v) is 2.46. The number of ether oxygens (including phenoxy) is 2. The number of aromatic nitrogens is 1. The van der Waals surface area contributed by atoms with E-state index in [1.165, 1.54) is 0 Å². The number of nitrogens with one attached hydrogen (secondary N) is 1. The Labute approximate surface area is 143 Å². The maximum atomic E-state index is 5.94. The molecule has 2 rings (SSSR count). The van der Waals surface area contributed by atoms with Gasteiger partial charge in [-0.05, 0) is 18.3 Å². The first-order chi connectivity index (χ1) is 10.9. The highest BCUT2D eigenvalue weighted by Gasteiger charge is 2.22. The molecule has 1 unspecified atom stereocenters. The molecule has 1 aliphatic rings. The average Bonchev–Trinajstić information content (AvgIpc) is 2.99. The largest absolute Gasteiger partial charge is 0.482 e. The van der Waals surface area contributed by atoms with Gasteiger partial charge in [0.15, 0.2) is 12.8 Å². The molecule has 0 aromatic carbocycles. The second-order valence-corrected chi connectivity index (χ2v) is 6.31. The maximum absolute atomic E-state index is 5.94. The van der Waals surface area contributed by atoms with Crippen molar-refractivity contribution in [3.8, 4) is 5.75 Å². The number of hydrazone groups is 1. The number of rotatable bonds is 4. The van der Waals surface area contributed by atoms with Gasteiger partial charge >= 0.3 is 0 Å². The molecule has 1 fully saturated rings. The molecule has 6 nitrogen and oxygen atoms in total. The zero-order valence-electron chi connectivity index (χ0n) is 14.5. The van der Waals surface area contributed by atoms with Crippen molar-refractivity contribution < 1.29 is 18.7 Å². The van der Waals surface area contributed by atoms with Crippen LogP contribution in [-0.4, -0.2) is 60.9 Å². The molecule has 1 aliphatic heterocycles. The lowest BCUT2D eigenvalue weighted by atomic mass is 10.2. The molecular weight excluding hydrogens is 312 g/mol. The summed E-state index contributed by atoms with van der Waals surface area (Å²) in [4.78, 5) is 1.86. The fourth-order valence-electron chi connectivity index (χ4n) is 2.33. The summed E-state index contributed by atoms with van der Waals surface area (Å²) in [6, 6.07) is 4.05. The van der Waals surface area contributed by atoms with Crippen LogP contribution in [0.5, 0.6) is 5.75 Å². The summed E-state index contributed by atoms with van der Waals surface area (Å²) in [5.74, 6) is 0.860.